The van der Waals surface area contributed by atoms with Crippen molar-refractivity contribution in [1.82, 2.24) is 9.97 Å². The zero-order valence-electron chi connectivity index (χ0n) is 11.7. The van der Waals surface area contributed by atoms with Gasteiger partial charge in [0, 0.05) is 13.1 Å². The van der Waals surface area contributed by atoms with Gasteiger partial charge in [-0.05, 0) is 11.8 Å². The summed E-state index contributed by atoms with van der Waals surface area (Å²) in [4.78, 5) is 10.3. The molecule has 5 nitrogen and oxygen atoms in total. The normalized spacial score (nSPS) is 10.1. The molecule has 0 saturated carbocycles. The second-order valence-electron chi connectivity index (χ2n) is 4.32. The molecule has 0 saturated heterocycles. The predicted molar refractivity (Wildman–Crippen MR) is 83.1 cm³/mol. The minimum absolute atomic E-state index is 0.00366. The molecule has 1 heterocycles. The van der Waals surface area contributed by atoms with Gasteiger partial charge in [0.1, 0.15) is 23.0 Å². The smallest absolute Gasteiger partial charge is 0.151 e. The van der Waals surface area contributed by atoms with Crippen LogP contribution < -0.4 is 4.90 Å². The largest absolute Gasteiger partial charge is 0.395 e. The number of benzene rings is 1. The summed E-state index contributed by atoms with van der Waals surface area (Å²) >= 11 is 1.41. The fourth-order valence-electron chi connectivity index (χ4n) is 2.04. The molecular formula is C15H16N4OS. The molecule has 0 aliphatic rings. The van der Waals surface area contributed by atoms with E-state index in [0.717, 1.165) is 5.56 Å². The van der Waals surface area contributed by atoms with Crippen LogP contribution in [-0.4, -0.2) is 34.5 Å². The van der Waals surface area contributed by atoms with E-state index in [2.05, 4.69) is 16.0 Å². The molecule has 0 fully saturated rings. The quantitative estimate of drug-likeness (QED) is 0.650. The fourth-order valence-corrected chi connectivity index (χ4v) is 2.53. The number of thioether (sulfide) groups is 1. The molecule has 0 aliphatic carbocycles. The van der Waals surface area contributed by atoms with Crippen LogP contribution in [-0.2, 0) is 6.54 Å². The van der Waals surface area contributed by atoms with Crippen molar-refractivity contribution in [1.29, 1.82) is 5.26 Å². The lowest BCUT2D eigenvalue weighted by Crippen LogP contribution is -2.28. The number of anilines is 1. The van der Waals surface area contributed by atoms with Crippen molar-refractivity contribution in [2.75, 3.05) is 24.3 Å². The Morgan fingerprint density at radius 3 is 2.67 bits per heavy atom. The third kappa shape index (κ3) is 3.72. The Bertz CT molecular complexity index is 627. The van der Waals surface area contributed by atoms with Crippen molar-refractivity contribution in [2.45, 2.75) is 11.6 Å². The Morgan fingerprint density at radius 1 is 1.29 bits per heavy atom. The molecule has 0 unspecified atom stereocenters. The van der Waals surface area contributed by atoms with Gasteiger partial charge in [0.2, 0.25) is 0 Å². The molecular weight excluding hydrogens is 284 g/mol. The lowest BCUT2D eigenvalue weighted by atomic mass is 10.2. The first kappa shape index (κ1) is 15.3. The summed E-state index contributed by atoms with van der Waals surface area (Å²) < 4.78 is 0. The fraction of sp³-hybridized carbons (Fsp3) is 0.267. The minimum Gasteiger partial charge on any atom is -0.395 e. The zero-order valence-corrected chi connectivity index (χ0v) is 12.5. The SMILES string of the molecule is CSc1ncnc(N(CCO)Cc2ccccc2)c1C#N. The summed E-state index contributed by atoms with van der Waals surface area (Å²) in [6.07, 6.45) is 3.33. The van der Waals surface area contributed by atoms with E-state index >= 15 is 0 Å². The van der Waals surface area contributed by atoms with Crippen molar-refractivity contribution in [3.63, 3.8) is 0 Å². The number of hydrogen-bond donors (Lipinski definition) is 1. The van der Waals surface area contributed by atoms with Crippen LogP contribution in [0.15, 0.2) is 41.7 Å². The van der Waals surface area contributed by atoms with Crippen LogP contribution in [0.25, 0.3) is 0 Å². The van der Waals surface area contributed by atoms with Crippen LogP contribution in [0.2, 0.25) is 0 Å². The van der Waals surface area contributed by atoms with Gasteiger partial charge in [-0.15, -0.1) is 11.8 Å². The van der Waals surface area contributed by atoms with Crippen molar-refractivity contribution < 1.29 is 5.11 Å². The maximum Gasteiger partial charge on any atom is 0.151 e. The van der Waals surface area contributed by atoms with E-state index in [1.165, 1.54) is 18.1 Å². The molecule has 1 aromatic heterocycles. The lowest BCUT2D eigenvalue weighted by Gasteiger charge is -2.24. The highest BCUT2D eigenvalue weighted by Crippen LogP contribution is 2.25. The second-order valence-corrected chi connectivity index (χ2v) is 5.12. The van der Waals surface area contributed by atoms with E-state index in [4.69, 9.17) is 0 Å². The number of hydrogen-bond acceptors (Lipinski definition) is 6. The molecule has 2 aromatic rings. The average molecular weight is 300 g/mol. The zero-order chi connectivity index (χ0) is 15.1. The van der Waals surface area contributed by atoms with Gasteiger partial charge in [-0.3, -0.25) is 0 Å². The third-order valence-electron chi connectivity index (χ3n) is 2.98. The summed E-state index contributed by atoms with van der Waals surface area (Å²) in [5.41, 5.74) is 1.55. The van der Waals surface area contributed by atoms with Gasteiger partial charge >= 0.3 is 0 Å². The molecule has 0 amide bonds. The summed E-state index contributed by atoms with van der Waals surface area (Å²) in [5.74, 6) is 0.565. The summed E-state index contributed by atoms with van der Waals surface area (Å²) in [5, 5.41) is 19.3. The molecule has 2 rings (SSSR count). The van der Waals surface area contributed by atoms with E-state index in [1.54, 1.807) is 0 Å². The highest BCUT2D eigenvalue weighted by molar-refractivity contribution is 7.98. The molecule has 0 spiro atoms. The maximum absolute atomic E-state index is 9.38. The van der Waals surface area contributed by atoms with Crippen LogP contribution in [0.5, 0.6) is 0 Å². The molecule has 6 heteroatoms. The molecule has 0 bridgehead atoms. The van der Waals surface area contributed by atoms with Gasteiger partial charge in [-0.25, -0.2) is 9.97 Å². The number of rotatable bonds is 6. The molecule has 0 aliphatic heterocycles. The van der Waals surface area contributed by atoms with Gasteiger partial charge in [0.25, 0.3) is 0 Å². The maximum atomic E-state index is 9.38. The number of aliphatic hydroxyl groups is 1. The highest BCUT2D eigenvalue weighted by Gasteiger charge is 2.17. The number of aliphatic hydroxyl groups excluding tert-OH is 1. The Balaban J connectivity index is 2.37. The van der Waals surface area contributed by atoms with Gasteiger partial charge in [0.15, 0.2) is 5.82 Å². The van der Waals surface area contributed by atoms with Crippen molar-refractivity contribution in [3.8, 4) is 6.07 Å². The van der Waals surface area contributed by atoms with Crippen LogP contribution in [0.4, 0.5) is 5.82 Å². The number of nitriles is 1. The number of aromatic nitrogens is 2. The van der Waals surface area contributed by atoms with Crippen LogP contribution >= 0.6 is 11.8 Å². The van der Waals surface area contributed by atoms with E-state index < -0.39 is 0 Å². The van der Waals surface area contributed by atoms with Gasteiger partial charge < -0.3 is 10.0 Å². The lowest BCUT2D eigenvalue weighted by molar-refractivity contribution is 0.301. The number of nitrogens with zero attached hydrogens (tertiary/aromatic N) is 4. The molecule has 1 N–H and O–H groups in total. The molecule has 21 heavy (non-hydrogen) atoms. The van der Waals surface area contributed by atoms with E-state index in [0.29, 0.717) is 29.5 Å². The van der Waals surface area contributed by atoms with E-state index in [-0.39, 0.29) is 6.61 Å². The van der Waals surface area contributed by atoms with E-state index in [9.17, 15) is 10.4 Å². The minimum atomic E-state index is -0.00366. The first-order valence-electron chi connectivity index (χ1n) is 6.49. The molecule has 0 atom stereocenters. The summed E-state index contributed by atoms with van der Waals surface area (Å²) in [6, 6.07) is 12.1. The second kappa shape index (κ2) is 7.62. The van der Waals surface area contributed by atoms with Gasteiger partial charge in [-0.2, -0.15) is 5.26 Å². The standard InChI is InChI=1S/C15H16N4OS/c1-21-15-13(9-16)14(17-11-18-15)19(7-8-20)10-12-5-3-2-4-6-12/h2-6,11,20H,7-8,10H2,1H3. The molecule has 1 aromatic carbocycles. The van der Waals surface area contributed by atoms with Crippen molar-refractivity contribution in [2.24, 2.45) is 0 Å². The summed E-state index contributed by atoms with van der Waals surface area (Å²) in [7, 11) is 0. The highest BCUT2D eigenvalue weighted by atomic mass is 32.2. The van der Waals surface area contributed by atoms with E-state index in [1.807, 2.05) is 41.5 Å². The van der Waals surface area contributed by atoms with Crippen molar-refractivity contribution in [3.05, 3.63) is 47.8 Å². The van der Waals surface area contributed by atoms with Crippen LogP contribution in [0.1, 0.15) is 11.1 Å². The topological polar surface area (TPSA) is 73.0 Å². The first-order valence-corrected chi connectivity index (χ1v) is 7.71. The molecule has 108 valence electrons. The van der Waals surface area contributed by atoms with Gasteiger partial charge in [-0.1, -0.05) is 30.3 Å². The monoisotopic (exact) mass is 300 g/mol. The van der Waals surface area contributed by atoms with Crippen molar-refractivity contribution >= 4 is 17.6 Å². The Kier molecular flexibility index (Phi) is 5.55. The Labute approximate surface area is 128 Å². The third-order valence-corrected chi connectivity index (χ3v) is 3.68. The van der Waals surface area contributed by atoms with Crippen LogP contribution in [0, 0.1) is 11.3 Å². The summed E-state index contributed by atoms with van der Waals surface area (Å²) in [6.45, 7) is 0.992. The molecule has 0 radical (unpaired) electrons. The van der Waals surface area contributed by atoms with Gasteiger partial charge in [0.05, 0.1) is 6.61 Å². The average Bonchev–Trinajstić information content (AvgIpc) is 2.54. The Morgan fingerprint density at radius 2 is 2.05 bits per heavy atom. The van der Waals surface area contributed by atoms with Crippen LogP contribution in [0.3, 0.4) is 0 Å². The Hall–Kier alpha value is -2.10. The predicted octanol–water partition coefficient (Wildman–Crippen LogP) is 2.07. The first-order chi connectivity index (χ1) is 10.3.